The molecule has 2 aromatic carbocycles. The van der Waals surface area contributed by atoms with Gasteiger partial charge in [-0.15, -0.1) is 0 Å². The highest BCUT2D eigenvalue weighted by molar-refractivity contribution is 5.89. The summed E-state index contributed by atoms with van der Waals surface area (Å²) >= 11 is 0. The molecule has 0 amide bonds. The first-order chi connectivity index (χ1) is 13.9. The van der Waals surface area contributed by atoms with Crippen LogP contribution < -0.4 is 10.1 Å². The highest BCUT2D eigenvalue weighted by atomic mass is 16.5. The molecule has 0 saturated heterocycles. The summed E-state index contributed by atoms with van der Waals surface area (Å²) in [5.74, 6) is 0.688. The fraction of sp³-hybridized carbons (Fsp3) is 0.375. The predicted molar refractivity (Wildman–Crippen MR) is 114 cm³/mol. The molecule has 0 radical (unpaired) electrons. The van der Waals surface area contributed by atoms with Gasteiger partial charge in [-0.05, 0) is 50.9 Å². The third kappa shape index (κ3) is 3.73. The van der Waals surface area contributed by atoms with Gasteiger partial charge in [0.1, 0.15) is 17.2 Å². The van der Waals surface area contributed by atoms with Crippen molar-refractivity contribution in [3.8, 4) is 5.75 Å². The lowest BCUT2D eigenvalue weighted by Crippen LogP contribution is -2.52. The van der Waals surface area contributed by atoms with Crippen LogP contribution >= 0.6 is 0 Å². The molecule has 2 heterocycles. The summed E-state index contributed by atoms with van der Waals surface area (Å²) in [7, 11) is 0. The number of rotatable bonds is 5. The number of nitrogens with zero attached hydrogens (tertiary/aromatic N) is 1. The van der Waals surface area contributed by atoms with E-state index >= 15 is 0 Å². The van der Waals surface area contributed by atoms with Crippen molar-refractivity contribution in [2.45, 2.75) is 51.5 Å². The van der Waals surface area contributed by atoms with Gasteiger partial charge in [0, 0.05) is 16.6 Å². The van der Waals surface area contributed by atoms with Gasteiger partial charge >= 0.3 is 0 Å². The van der Waals surface area contributed by atoms with E-state index < -0.39 is 11.7 Å². The molecule has 0 bridgehead atoms. The number of aliphatic hydroxyl groups excluding tert-OH is 2. The Bertz CT molecular complexity index is 1020. The van der Waals surface area contributed by atoms with Crippen LogP contribution in [-0.2, 0) is 13.0 Å². The van der Waals surface area contributed by atoms with Crippen LogP contribution in [0.4, 0.5) is 0 Å². The van der Waals surface area contributed by atoms with E-state index in [1.165, 1.54) is 5.56 Å². The van der Waals surface area contributed by atoms with Crippen LogP contribution in [-0.4, -0.2) is 33.4 Å². The molecule has 5 nitrogen and oxygen atoms in total. The zero-order chi connectivity index (χ0) is 20.6. The average Bonchev–Trinajstić information content (AvgIpc) is 2.71. The van der Waals surface area contributed by atoms with Crippen molar-refractivity contribution < 1.29 is 14.9 Å². The summed E-state index contributed by atoms with van der Waals surface area (Å²) in [5.41, 5.74) is 3.79. The van der Waals surface area contributed by atoms with Crippen LogP contribution in [0, 0.1) is 6.92 Å². The molecule has 0 saturated carbocycles. The van der Waals surface area contributed by atoms with Crippen molar-refractivity contribution in [1.29, 1.82) is 0 Å². The molecule has 3 N–H and O–H groups in total. The summed E-state index contributed by atoms with van der Waals surface area (Å²) in [6.07, 6.45) is 0.172. The molecule has 0 aliphatic carbocycles. The van der Waals surface area contributed by atoms with Crippen molar-refractivity contribution >= 4 is 10.9 Å². The number of aromatic nitrogens is 1. The number of aryl methyl sites for hydroxylation is 1. The summed E-state index contributed by atoms with van der Waals surface area (Å²) in [5, 5.41) is 25.2. The minimum Gasteiger partial charge on any atom is -0.482 e. The van der Waals surface area contributed by atoms with E-state index in [0.717, 1.165) is 40.7 Å². The molecule has 2 atom stereocenters. The average molecular weight is 392 g/mol. The fourth-order valence-corrected chi connectivity index (χ4v) is 4.11. The van der Waals surface area contributed by atoms with Gasteiger partial charge in [-0.25, -0.2) is 4.98 Å². The second-order valence-corrected chi connectivity index (χ2v) is 8.28. The number of ether oxygens (including phenoxy) is 1. The summed E-state index contributed by atoms with van der Waals surface area (Å²) < 4.78 is 6.26. The van der Waals surface area contributed by atoms with Crippen molar-refractivity contribution in [3.05, 3.63) is 70.9 Å². The lowest BCUT2D eigenvalue weighted by Gasteiger charge is -2.42. The first-order valence-electron chi connectivity index (χ1n) is 10.1. The number of benzene rings is 2. The topological polar surface area (TPSA) is 74.6 Å². The zero-order valence-corrected chi connectivity index (χ0v) is 17.1. The number of fused-ring (bicyclic) bond motifs is 3. The van der Waals surface area contributed by atoms with Crippen LogP contribution in [0.1, 0.15) is 42.3 Å². The van der Waals surface area contributed by atoms with Gasteiger partial charge in [0.25, 0.3) is 0 Å². The lowest BCUT2D eigenvalue weighted by atomic mass is 9.85. The van der Waals surface area contributed by atoms with Crippen LogP contribution in [0.3, 0.4) is 0 Å². The summed E-state index contributed by atoms with van der Waals surface area (Å²) in [4.78, 5) is 4.70. The van der Waals surface area contributed by atoms with Crippen molar-refractivity contribution in [3.63, 3.8) is 0 Å². The molecule has 0 fully saturated rings. The SMILES string of the molecule is Cc1cc(CO)c2ccc3c(c2n1)OC(C)(C)[C@H](O)[C@H]3NCCc1ccccc1. The minimum atomic E-state index is -0.767. The van der Waals surface area contributed by atoms with Gasteiger partial charge in [-0.2, -0.15) is 0 Å². The number of hydrogen-bond donors (Lipinski definition) is 3. The molecule has 0 unspecified atom stereocenters. The first kappa shape index (κ1) is 19.8. The van der Waals surface area contributed by atoms with Crippen LogP contribution in [0.15, 0.2) is 48.5 Å². The van der Waals surface area contributed by atoms with Gasteiger partial charge in [0.15, 0.2) is 5.75 Å². The Morgan fingerprint density at radius 1 is 1.14 bits per heavy atom. The Morgan fingerprint density at radius 2 is 1.90 bits per heavy atom. The van der Waals surface area contributed by atoms with Crippen LogP contribution in [0.5, 0.6) is 5.75 Å². The summed E-state index contributed by atoms with van der Waals surface area (Å²) in [6, 6.07) is 15.9. The van der Waals surface area contributed by atoms with Gasteiger partial charge in [0.05, 0.1) is 12.6 Å². The maximum atomic E-state index is 11.0. The smallest absolute Gasteiger partial charge is 0.151 e. The fourth-order valence-electron chi connectivity index (χ4n) is 4.11. The Labute approximate surface area is 171 Å². The molecule has 3 aromatic rings. The number of aliphatic hydroxyl groups is 2. The lowest BCUT2D eigenvalue weighted by molar-refractivity contribution is -0.0634. The molecule has 1 aliphatic rings. The van der Waals surface area contributed by atoms with E-state index in [0.29, 0.717) is 5.75 Å². The molecule has 4 rings (SSSR count). The van der Waals surface area contributed by atoms with E-state index in [2.05, 4.69) is 17.4 Å². The monoisotopic (exact) mass is 392 g/mol. The number of nitrogens with one attached hydrogen (secondary N) is 1. The normalized spacial score (nSPS) is 20.3. The van der Waals surface area contributed by atoms with E-state index in [4.69, 9.17) is 9.72 Å². The Hall–Kier alpha value is -2.47. The molecule has 1 aliphatic heterocycles. The van der Waals surface area contributed by atoms with E-state index in [9.17, 15) is 10.2 Å². The van der Waals surface area contributed by atoms with Crippen LogP contribution in [0.2, 0.25) is 0 Å². The summed E-state index contributed by atoms with van der Waals surface area (Å²) in [6.45, 7) is 6.39. The third-order valence-corrected chi connectivity index (χ3v) is 5.70. The molecular formula is C24H28N2O3. The standard InChI is InChI=1S/C24H28N2O3/c1-15-13-17(14-27)18-9-10-19-21(25-12-11-16-7-5-4-6-8-16)23(28)24(2,3)29-22(19)20(18)26-15/h4-10,13,21,23,25,27-28H,11-12,14H2,1-3H3/t21-,23+/m0/s1. The zero-order valence-electron chi connectivity index (χ0n) is 17.1. The molecule has 1 aromatic heterocycles. The van der Waals surface area contributed by atoms with E-state index in [1.54, 1.807) is 0 Å². The van der Waals surface area contributed by atoms with Crippen LogP contribution in [0.25, 0.3) is 10.9 Å². The van der Waals surface area contributed by atoms with E-state index in [1.807, 2.05) is 57.2 Å². The van der Waals surface area contributed by atoms with Crippen molar-refractivity contribution in [1.82, 2.24) is 10.3 Å². The Balaban J connectivity index is 1.72. The highest BCUT2D eigenvalue weighted by Crippen LogP contribution is 2.43. The largest absolute Gasteiger partial charge is 0.482 e. The first-order valence-corrected chi connectivity index (χ1v) is 10.1. The van der Waals surface area contributed by atoms with Gasteiger partial charge < -0.3 is 20.3 Å². The Morgan fingerprint density at radius 3 is 2.62 bits per heavy atom. The third-order valence-electron chi connectivity index (χ3n) is 5.70. The maximum Gasteiger partial charge on any atom is 0.151 e. The predicted octanol–water partition coefficient (Wildman–Crippen LogP) is 3.44. The van der Waals surface area contributed by atoms with Gasteiger partial charge in [-0.1, -0.05) is 42.5 Å². The highest BCUT2D eigenvalue weighted by Gasteiger charge is 2.43. The second kappa shape index (κ2) is 7.75. The molecule has 5 heteroatoms. The van der Waals surface area contributed by atoms with E-state index in [-0.39, 0.29) is 12.6 Å². The van der Waals surface area contributed by atoms with Gasteiger partial charge in [-0.3, -0.25) is 0 Å². The number of hydrogen-bond acceptors (Lipinski definition) is 5. The molecular weight excluding hydrogens is 364 g/mol. The maximum absolute atomic E-state index is 11.0. The molecule has 152 valence electrons. The Kier molecular flexibility index (Phi) is 5.30. The number of pyridine rings is 1. The van der Waals surface area contributed by atoms with Crippen molar-refractivity contribution in [2.24, 2.45) is 0 Å². The molecule has 29 heavy (non-hydrogen) atoms. The van der Waals surface area contributed by atoms with Gasteiger partial charge in [0.2, 0.25) is 0 Å². The molecule has 0 spiro atoms. The minimum absolute atomic E-state index is 0.0522. The quantitative estimate of drug-likeness (QED) is 0.620. The second-order valence-electron chi connectivity index (χ2n) is 8.28. The van der Waals surface area contributed by atoms with Crippen molar-refractivity contribution in [2.75, 3.05) is 6.54 Å².